The number of ether oxygens (including phenoxy) is 1. The molecule has 0 atom stereocenters. The number of rotatable bonds is 2. The van der Waals surface area contributed by atoms with Gasteiger partial charge in [0, 0.05) is 16.5 Å². The van der Waals surface area contributed by atoms with Gasteiger partial charge in [0.05, 0.1) is 17.1 Å². The normalized spacial score (nSPS) is 10.6. The van der Waals surface area contributed by atoms with Crippen molar-refractivity contribution in [3.63, 3.8) is 0 Å². The number of carbonyl (C=O) groups excluding carboxylic acids is 1. The van der Waals surface area contributed by atoms with Gasteiger partial charge < -0.3 is 9.72 Å². The second-order valence-corrected chi connectivity index (χ2v) is 4.42. The quantitative estimate of drug-likeness (QED) is 0.863. The van der Waals surface area contributed by atoms with Crippen molar-refractivity contribution in [2.45, 2.75) is 6.92 Å². The summed E-state index contributed by atoms with van der Waals surface area (Å²) in [5.74, 6) is -0.595. The van der Waals surface area contributed by atoms with Crippen LogP contribution in [0.1, 0.15) is 17.4 Å². The van der Waals surface area contributed by atoms with Crippen molar-refractivity contribution in [1.29, 1.82) is 0 Å². The summed E-state index contributed by atoms with van der Waals surface area (Å²) >= 11 is 11.8. The topological polar surface area (TPSA) is 59.2 Å². The zero-order chi connectivity index (χ0) is 13.3. The molecule has 0 fully saturated rings. The van der Waals surface area contributed by atoms with Gasteiger partial charge in [0.2, 0.25) is 0 Å². The molecule has 0 amide bonds. The van der Waals surface area contributed by atoms with Gasteiger partial charge in [0.25, 0.3) is 0 Å². The zero-order valence-corrected chi connectivity index (χ0v) is 10.9. The molecule has 0 radical (unpaired) electrons. The summed E-state index contributed by atoms with van der Waals surface area (Å²) in [5.41, 5.74) is 0.103. The molecule has 1 N–H and O–H groups in total. The molecule has 2 rings (SSSR count). The van der Waals surface area contributed by atoms with Crippen LogP contribution in [0.25, 0.3) is 10.9 Å². The highest BCUT2D eigenvalue weighted by molar-refractivity contribution is 6.38. The van der Waals surface area contributed by atoms with Gasteiger partial charge >= 0.3 is 5.97 Å². The fourth-order valence-corrected chi connectivity index (χ4v) is 2.13. The highest BCUT2D eigenvalue weighted by Gasteiger charge is 2.12. The number of carbonyl (C=O) groups is 1. The minimum Gasteiger partial charge on any atom is -0.461 e. The molecule has 0 saturated carbocycles. The van der Waals surface area contributed by atoms with Crippen LogP contribution in [0.2, 0.25) is 10.0 Å². The molecule has 6 heteroatoms. The van der Waals surface area contributed by atoms with E-state index in [9.17, 15) is 9.59 Å². The Labute approximate surface area is 112 Å². The number of halogens is 2. The molecule has 2 aromatic rings. The van der Waals surface area contributed by atoms with Crippen molar-refractivity contribution in [1.82, 2.24) is 4.98 Å². The fourth-order valence-electron chi connectivity index (χ4n) is 1.59. The summed E-state index contributed by atoms with van der Waals surface area (Å²) in [6, 6.07) is 4.17. The molecule has 0 spiro atoms. The predicted octanol–water partition coefficient (Wildman–Crippen LogP) is 3.01. The number of nitrogens with one attached hydrogen (secondary N) is 1. The Kier molecular flexibility index (Phi) is 3.59. The third-order valence-electron chi connectivity index (χ3n) is 2.35. The highest BCUT2D eigenvalue weighted by Crippen LogP contribution is 2.24. The van der Waals surface area contributed by atoms with Crippen LogP contribution >= 0.6 is 23.2 Å². The number of hydrogen-bond acceptors (Lipinski definition) is 3. The Bertz CT molecular complexity index is 679. The van der Waals surface area contributed by atoms with Crippen LogP contribution in [0, 0.1) is 0 Å². The summed E-state index contributed by atoms with van der Waals surface area (Å²) < 4.78 is 4.82. The van der Waals surface area contributed by atoms with Crippen LogP contribution in [0.3, 0.4) is 0 Å². The number of aromatic amines is 1. The number of hydrogen-bond donors (Lipinski definition) is 1. The number of esters is 1. The first-order chi connectivity index (χ1) is 8.52. The van der Waals surface area contributed by atoms with Crippen molar-refractivity contribution in [3.05, 3.63) is 44.2 Å². The largest absolute Gasteiger partial charge is 0.461 e. The van der Waals surface area contributed by atoms with E-state index in [1.807, 2.05) is 0 Å². The third-order valence-corrected chi connectivity index (χ3v) is 2.87. The maximum absolute atomic E-state index is 11.9. The third kappa shape index (κ3) is 2.35. The SMILES string of the molecule is CCOC(=O)c1cc(=O)c2cc(Cl)cc(Cl)c2[nH]1. The molecule has 1 heterocycles. The van der Waals surface area contributed by atoms with Crippen LogP contribution in [-0.4, -0.2) is 17.6 Å². The van der Waals surface area contributed by atoms with Crippen molar-refractivity contribution in [3.8, 4) is 0 Å². The van der Waals surface area contributed by atoms with E-state index in [2.05, 4.69) is 4.98 Å². The summed E-state index contributed by atoms with van der Waals surface area (Å²) in [5, 5.41) is 0.975. The maximum Gasteiger partial charge on any atom is 0.354 e. The number of aromatic nitrogens is 1. The second kappa shape index (κ2) is 5.00. The van der Waals surface area contributed by atoms with Crippen LogP contribution in [0.5, 0.6) is 0 Å². The average Bonchev–Trinajstić information content (AvgIpc) is 2.30. The lowest BCUT2D eigenvalue weighted by Gasteiger charge is -2.05. The predicted molar refractivity (Wildman–Crippen MR) is 70.5 cm³/mol. The van der Waals surface area contributed by atoms with Gasteiger partial charge in [-0.15, -0.1) is 0 Å². The van der Waals surface area contributed by atoms with E-state index in [1.54, 1.807) is 6.92 Å². The van der Waals surface area contributed by atoms with Gasteiger partial charge in [-0.25, -0.2) is 4.79 Å². The monoisotopic (exact) mass is 285 g/mol. The fraction of sp³-hybridized carbons (Fsp3) is 0.167. The summed E-state index contributed by atoms with van der Waals surface area (Å²) in [6.45, 7) is 1.91. The van der Waals surface area contributed by atoms with Crippen LogP contribution in [0.4, 0.5) is 0 Å². The minimum absolute atomic E-state index is 0.0681. The van der Waals surface area contributed by atoms with Gasteiger partial charge in [0.1, 0.15) is 5.69 Å². The lowest BCUT2D eigenvalue weighted by molar-refractivity contribution is 0.0520. The number of pyridine rings is 1. The van der Waals surface area contributed by atoms with Crippen molar-refractivity contribution >= 4 is 40.1 Å². The summed E-state index contributed by atoms with van der Waals surface area (Å²) in [6.07, 6.45) is 0. The lowest BCUT2D eigenvalue weighted by Crippen LogP contribution is -2.12. The lowest BCUT2D eigenvalue weighted by atomic mass is 10.2. The second-order valence-electron chi connectivity index (χ2n) is 3.58. The smallest absolute Gasteiger partial charge is 0.354 e. The molecule has 0 aliphatic heterocycles. The first-order valence-electron chi connectivity index (χ1n) is 5.22. The Morgan fingerprint density at radius 1 is 1.33 bits per heavy atom. The van der Waals surface area contributed by atoms with Crippen molar-refractivity contribution in [2.24, 2.45) is 0 Å². The van der Waals surface area contributed by atoms with E-state index in [-0.39, 0.29) is 22.8 Å². The zero-order valence-electron chi connectivity index (χ0n) is 9.42. The summed E-state index contributed by atoms with van der Waals surface area (Å²) in [7, 11) is 0. The van der Waals surface area contributed by atoms with E-state index in [0.717, 1.165) is 0 Å². The molecular weight excluding hydrogens is 277 g/mol. The highest BCUT2D eigenvalue weighted by atomic mass is 35.5. The number of H-pyrrole nitrogens is 1. The molecule has 1 aromatic carbocycles. The standard InChI is InChI=1S/C12H9Cl2NO3/c1-2-18-12(17)9-5-10(16)7-3-6(13)4-8(14)11(7)15-9/h3-5H,2H2,1H3,(H,15,16). The molecule has 0 aliphatic rings. The van der Waals surface area contributed by atoms with Crippen LogP contribution < -0.4 is 5.43 Å². The van der Waals surface area contributed by atoms with Crippen LogP contribution in [-0.2, 0) is 4.74 Å². The molecule has 0 unspecified atom stereocenters. The van der Waals surface area contributed by atoms with E-state index in [0.29, 0.717) is 15.9 Å². The average molecular weight is 286 g/mol. The number of benzene rings is 1. The molecular formula is C12H9Cl2NO3. The van der Waals surface area contributed by atoms with E-state index in [1.165, 1.54) is 18.2 Å². The Hall–Kier alpha value is -1.52. The minimum atomic E-state index is -0.595. The maximum atomic E-state index is 11.9. The van der Waals surface area contributed by atoms with E-state index < -0.39 is 5.97 Å². The number of fused-ring (bicyclic) bond motifs is 1. The van der Waals surface area contributed by atoms with Gasteiger partial charge in [-0.05, 0) is 19.1 Å². The molecule has 0 aliphatic carbocycles. The molecule has 0 bridgehead atoms. The molecule has 94 valence electrons. The molecule has 1 aromatic heterocycles. The van der Waals surface area contributed by atoms with E-state index >= 15 is 0 Å². The van der Waals surface area contributed by atoms with Crippen LogP contribution in [0.15, 0.2) is 23.0 Å². The first kappa shape index (κ1) is 12.9. The van der Waals surface area contributed by atoms with E-state index in [4.69, 9.17) is 27.9 Å². The Morgan fingerprint density at radius 2 is 2.06 bits per heavy atom. The molecule has 0 saturated heterocycles. The molecule has 18 heavy (non-hydrogen) atoms. The molecule has 4 nitrogen and oxygen atoms in total. The summed E-state index contributed by atoms with van der Waals surface area (Å²) in [4.78, 5) is 26.2. The van der Waals surface area contributed by atoms with Crippen molar-refractivity contribution in [2.75, 3.05) is 6.61 Å². The Morgan fingerprint density at radius 3 is 2.72 bits per heavy atom. The first-order valence-corrected chi connectivity index (χ1v) is 5.97. The Balaban J connectivity index is 2.69. The van der Waals surface area contributed by atoms with Gasteiger partial charge in [-0.1, -0.05) is 23.2 Å². The van der Waals surface area contributed by atoms with Gasteiger partial charge in [0.15, 0.2) is 5.43 Å². The van der Waals surface area contributed by atoms with Gasteiger partial charge in [-0.3, -0.25) is 4.79 Å². The van der Waals surface area contributed by atoms with Crippen molar-refractivity contribution < 1.29 is 9.53 Å². The van der Waals surface area contributed by atoms with Gasteiger partial charge in [-0.2, -0.15) is 0 Å².